The molecule has 2 aliphatic heterocycles. The van der Waals surface area contributed by atoms with E-state index in [2.05, 4.69) is 9.88 Å². The van der Waals surface area contributed by atoms with Gasteiger partial charge in [0.1, 0.15) is 5.69 Å². The molecule has 0 aliphatic carbocycles. The Kier molecular flexibility index (Phi) is 2.89. The first-order valence-corrected chi connectivity index (χ1v) is 6.51. The summed E-state index contributed by atoms with van der Waals surface area (Å²) in [7, 11) is 0. The molecule has 3 heterocycles. The Bertz CT molecular complexity index is 381. The average Bonchev–Trinajstić information content (AvgIpc) is 3.09. The number of H-pyrrole nitrogens is 1. The van der Waals surface area contributed by atoms with Crippen LogP contribution in [0.25, 0.3) is 0 Å². The molecule has 0 bridgehead atoms. The lowest BCUT2D eigenvalue weighted by Gasteiger charge is -2.23. The van der Waals surface area contributed by atoms with Crippen molar-refractivity contribution in [2.24, 2.45) is 0 Å². The van der Waals surface area contributed by atoms with Crippen molar-refractivity contribution in [2.75, 3.05) is 26.2 Å². The fraction of sp³-hybridized carbons (Fsp3) is 0.615. The van der Waals surface area contributed by atoms with Gasteiger partial charge < -0.3 is 9.88 Å². The van der Waals surface area contributed by atoms with Gasteiger partial charge in [-0.2, -0.15) is 0 Å². The molecule has 2 fully saturated rings. The molecule has 1 amide bonds. The van der Waals surface area contributed by atoms with Crippen LogP contribution in [0.4, 0.5) is 0 Å². The molecule has 0 radical (unpaired) electrons. The van der Waals surface area contributed by atoms with Gasteiger partial charge in [-0.15, -0.1) is 0 Å². The molecule has 1 N–H and O–H groups in total. The highest BCUT2D eigenvalue weighted by molar-refractivity contribution is 5.92. The number of rotatable bonds is 2. The molecular weight excluding hydrogens is 214 g/mol. The predicted octanol–water partition coefficient (Wildman–Crippen LogP) is 1.32. The zero-order valence-electron chi connectivity index (χ0n) is 10.1. The normalized spacial score (nSPS) is 25.6. The number of hydrogen-bond acceptors (Lipinski definition) is 2. The summed E-state index contributed by atoms with van der Waals surface area (Å²) in [6, 6.07) is 4.32. The first-order chi connectivity index (χ1) is 8.34. The van der Waals surface area contributed by atoms with E-state index in [0.717, 1.165) is 19.5 Å². The van der Waals surface area contributed by atoms with Crippen LogP contribution in [0.15, 0.2) is 18.3 Å². The fourth-order valence-electron chi connectivity index (χ4n) is 2.96. The van der Waals surface area contributed by atoms with E-state index in [4.69, 9.17) is 0 Å². The molecule has 1 aromatic heterocycles. The maximum absolute atomic E-state index is 12.1. The Labute approximate surface area is 102 Å². The number of nitrogens with zero attached hydrogens (tertiary/aromatic N) is 2. The van der Waals surface area contributed by atoms with Crippen LogP contribution in [-0.4, -0.2) is 52.9 Å². The van der Waals surface area contributed by atoms with E-state index >= 15 is 0 Å². The van der Waals surface area contributed by atoms with Crippen molar-refractivity contribution in [3.05, 3.63) is 24.0 Å². The number of hydrogen-bond donors (Lipinski definition) is 1. The summed E-state index contributed by atoms with van der Waals surface area (Å²) in [6.07, 6.45) is 5.58. The van der Waals surface area contributed by atoms with Gasteiger partial charge in [-0.25, -0.2) is 0 Å². The number of amides is 1. The summed E-state index contributed by atoms with van der Waals surface area (Å²) in [6.45, 7) is 4.24. The summed E-state index contributed by atoms with van der Waals surface area (Å²) in [5.74, 6) is 0.150. The third-order valence-electron chi connectivity index (χ3n) is 3.94. The van der Waals surface area contributed by atoms with Gasteiger partial charge in [0.25, 0.3) is 5.91 Å². The van der Waals surface area contributed by atoms with Gasteiger partial charge in [0.05, 0.1) is 0 Å². The molecular formula is C13H19N3O. The molecule has 3 rings (SSSR count). The molecule has 2 aliphatic rings. The zero-order chi connectivity index (χ0) is 11.7. The molecule has 4 heteroatoms. The lowest BCUT2D eigenvalue weighted by atomic mass is 10.2. The lowest BCUT2D eigenvalue weighted by Crippen LogP contribution is -2.37. The summed E-state index contributed by atoms with van der Waals surface area (Å²) in [4.78, 5) is 19.7. The minimum Gasteiger partial charge on any atom is -0.357 e. The van der Waals surface area contributed by atoms with Crippen LogP contribution < -0.4 is 0 Å². The second-order valence-corrected chi connectivity index (χ2v) is 5.02. The van der Waals surface area contributed by atoms with E-state index in [1.165, 1.54) is 25.9 Å². The van der Waals surface area contributed by atoms with Crippen LogP contribution in [0.1, 0.15) is 29.8 Å². The topological polar surface area (TPSA) is 39.3 Å². The molecule has 92 valence electrons. The van der Waals surface area contributed by atoms with Crippen LogP contribution in [0, 0.1) is 0 Å². The van der Waals surface area contributed by atoms with E-state index in [9.17, 15) is 4.79 Å². The molecule has 0 spiro atoms. The van der Waals surface area contributed by atoms with Gasteiger partial charge in [0.2, 0.25) is 0 Å². The second-order valence-electron chi connectivity index (χ2n) is 5.02. The Morgan fingerprint density at radius 1 is 1.29 bits per heavy atom. The number of carbonyl (C=O) groups excluding carboxylic acids is 1. The highest BCUT2D eigenvalue weighted by Crippen LogP contribution is 2.21. The van der Waals surface area contributed by atoms with Gasteiger partial charge in [-0.05, 0) is 44.5 Å². The fourth-order valence-corrected chi connectivity index (χ4v) is 2.96. The minimum atomic E-state index is 0.150. The van der Waals surface area contributed by atoms with Crippen molar-refractivity contribution in [1.29, 1.82) is 0 Å². The van der Waals surface area contributed by atoms with Crippen LogP contribution in [0.2, 0.25) is 0 Å². The molecule has 2 saturated heterocycles. The van der Waals surface area contributed by atoms with E-state index in [1.54, 1.807) is 6.20 Å². The SMILES string of the molecule is O=C(c1ccc[nH]1)N1CCC(N2CCCC2)C1. The van der Waals surface area contributed by atoms with Crippen molar-refractivity contribution < 1.29 is 4.79 Å². The summed E-state index contributed by atoms with van der Waals surface area (Å²) >= 11 is 0. The van der Waals surface area contributed by atoms with Crippen LogP contribution in [0.3, 0.4) is 0 Å². The lowest BCUT2D eigenvalue weighted by molar-refractivity contribution is 0.0775. The third kappa shape index (κ3) is 2.09. The van der Waals surface area contributed by atoms with Crippen LogP contribution in [0.5, 0.6) is 0 Å². The highest BCUT2D eigenvalue weighted by atomic mass is 16.2. The van der Waals surface area contributed by atoms with E-state index in [0.29, 0.717) is 11.7 Å². The minimum absolute atomic E-state index is 0.150. The smallest absolute Gasteiger partial charge is 0.270 e. The summed E-state index contributed by atoms with van der Waals surface area (Å²) in [5.41, 5.74) is 0.715. The Hall–Kier alpha value is -1.29. The quantitative estimate of drug-likeness (QED) is 0.837. The molecule has 1 unspecified atom stereocenters. The van der Waals surface area contributed by atoms with Gasteiger partial charge in [-0.1, -0.05) is 0 Å². The first-order valence-electron chi connectivity index (χ1n) is 6.51. The molecule has 17 heavy (non-hydrogen) atoms. The van der Waals surface area contributed by atoms with Gasteiger partial charge >= 0.3 is 0 Å². The third-order valence-corrected chi connectivity index (χ3v) is 3.94. The van der Waals surface area contributed by atoms with E-state index in [1.807, 2.05) is 17.0 Å². The molecule has 1 atom stereocenters. The number of likely N-dealkylation sites (tertiary alicyclic amines) is 2. The van der Waals surface area contributed by atoms with E-state index < -0.39 is 0 Å². The Balaban J connectivity index is 1.62. The monoisotopic (exact) mass is 233 g/mol. The molecule has 4 nitrogen and oxygen atoms in total. The van der Waals surface area contributed by atoms with Crippen molar-refractivity contribution in [3.63, 3.8) is 0 Å². The number of aromatic amines is 1. The van der Waals surface area contributed by atoms with Crippen molar-refractivity contribution in [3.8, 4) is 0 Å². The standard InChI is InChI=1S/C13H19N3O/c17-13(12-4-3-6-14-12)16-9-5-11(10-16)15-7-1-2-8-15/h3-4,6,11,14H,1-2,5,7-10H2. The number of carbonyl (C=O) groups is 1. The maximum Gasteiger partial charge on any atom is 0.270 e. The number of aromatic nitrogens is 1. The van der Waals surface area contributed by atoms with Gasteiger partial charge in [0, 0.05) is 25.3 Å². The van der Waals surface area contributed by atoms with Gasteiger partial charge in [0.15, 0.2) is 0 Å². The van der Waals surface area contributed by atoms with Gasteiger partial charge in [-0.3, -0.25) is 9.69 Å². The van der Waals surface area contributed by atoms with Crippen LogP contribution >= 0.6 is 0 Å². The highest BCUT2D eigenvalue weighted by Gasteiger charge is 2.31. The Morgan fingerprint density at radius 2 is 2.12 bits per heavy atom. The average molecular weight is 233 g/mol. The molecule has 0 saturated carbocycles. The zero-order valence-corrected chi connectivity index (χ0v) is 10.1. The largest absolute Gasteiger partial charge is 0.357 e. The maximum atomic E-state index is 12.1. The van der Waals surface area contributed by atoms with Crippen LogP contribution in [-0.2, 0) is 0 Å². The number of nitrogens with one attached hydrogen (secondary N) is 1. The predicted molar refractivity (Wildman–Crippen MR) is 65.9 cm³/mol. The summed E-state index contributed by atoms with van der Waals surface area (Å²) in [5, 5.41) is 0. The second kappa shape index (κ2) is 4.53. The van der Waals surface area contributed by atoms with E-state index in [-0.39, 0.29) is 5.91 Å². The van der Waals surface area contributed by atoms with Crippen molar-refractivity contribution in [2.45, 2.75) is 25.3 Å². The summed E-state index contributed by atoms with van der Waals surface area (Å²) < 4.78 is 0. The van der Waals surface area contributed by atoms with Crippen molar-refractivity contribution in [1.82, 2.24) is 14.8 Å². The van der Waals surface area contributed by atoms with Crippen molar-refractivity contribution >= 4 is 5.91 Å². The molecule has 1 aromatic rings. The first kappa shape index (κ1) is 10.8. The Morgan fingerprint density at radius 3 is 2.82 bits per heavy atom. The molecule has 0 aromatic carbocycles.